The quantitative estimate of drug-likeness (QED) is 0.850. The van der Waals surface area contributed by atoms with Gasteiger partial charge in [0.05, 0.1) is 16.8 Å². The number of piperidine rings is 1. The molecule has 1 saturated heterocycles. The van der Waals surface area contributed by atoms with E-state index in [4.69, 9.17) is 22.4 Å². The van der Waals surface area contributed by atoms with Gasteiger partial charge in [0.15, 0.2) is 4.67 Å². The Balaban J connectivity index is 2.10. The molecule has 1 aromatic heterocycles. The maximum absolute atomic E-state index is 12.2. The summed E-state index contributed by atoms with van der Waals surface area (Å²) in [7, 11) is 0. The molecule has 6 heteroatoms. The first-order chi connectivity index (χ1) is 8.09. The van der Waals surface area contributed by atoms with E-state index >= 15 is 0 Å². The minimum Gasteiger partial charge on any atom is -0.457 e. The molecule has 1 atom stereocenters. The molecule has 0 spiro atoms. The third-order valence-electron chi connectivity index (χ3n) is 2.96. The Hall–Kier alpha value is -0.880. The van der Waals surface area contributed by atoms with Crippen molar-refractivity contribution < 1.29 is 9.21 Å². The van der Waals surface area contributed by atoms with E-state index in [1.165, 1.54) is 6.26 Å². The monoisotopic (exact) mass is 316 g/mol. The highest BCUT2D eigenvalue weighted by Gasteiger charge is 2.27. The summed E-state index contributed by atoms with van der Waals surface area (Å²) in [6.45, 7) is 1.35. The molecule has 0 aliphatic carbocycles. The Morgan fingerprint density at radius 1 is 1.65 bits per heavy atom. The van der Waals surface area contributed by atoms with Crippen molar-refractivity contribution >= 4 is 39.0 Å². The lowest BCUT2D eigenvalue weighted by Crippen LogP contribution is -2.43. The lowest BCUT2D eigenvalue weighted by Gasteiger charge is -2.32. The van der Waals surface area contributed by atoms with E-state index in [2.05, 4.69) is 15.9 Å². The van der Waals surface area contributed by atoms with Crippen LogP contribution in [0.3, 0.4) is 0 Å². The van der Waals surface area contributed by atoms with Gasteiger partial charge >= 0.3 is 0 Å². The summed E-state index contributed by atoms with van der Waals surface area (Å²) < 4.78 is 5.54. The fourth-order valence-electron chi connectivity index (χ4n) is 2.01. The second-order valence-corrected chi connectivity index (χ2v) is 5.29. The van der Waals surface area contributed by atoms with Gasteiger partial charge in [-0.1, -0.05) is 12.2 Å². The fraction of sp³-hybridized carbons (Fsp3) is 0.455. The maximum Gasteiger partial charge on any atom is 0.258 e. The summed E-state index contributed by atoms with van der Waals surface area (Å²) in [5, 5.41) is 0. The van der Waals surface area contributed by atoms with E-state index in [9.17, 15) is 4.79 Å². The first-order valence-electron chi connectivity index (χ1n) is 5.41. The van der Waals surface area contributed by atoms with E-state index in [0.717, 1.165) is 19.4 Å². The molecule has 4 nitrogen and oxygen atoms in total. The summed E-state index contributed by atoms with van der Waals surface area (Å²) in [6.07, 6.45) is 3.39. The number of hydrogen-bond donors (Lipinski definition) is 1. The van der Waals surface area contributed by atoms with E-state index < -0.39 is 0 Å². The molecule has 0 saturated carbocycles. The van der Waals surface area contributed by atoms with E-state index in [1.54, 1.807) is 11.0 Å². The summed E-state index contributed by atoms with van der Waals surface area (Å²) in [6, 6.07) is 1.66. The van der Waals surface area contributed by atoms with Crippen LogP contribution >= 0.6 is 28.1 Å². The predicted octanol–water partition coefficient (Wildman–Crippen LogP) is 2.18. The number of amides is 1. The van der Waals surface area contributed by atoms with Gasteiger partial charge in [-0.3, -0.25) is 4.79 Å². The smallest absolute Gasteiger partial charge is 0.258 e. The van der Waals surface area contributed by atoms with Gasteiger partial charge in [0.25, 0.3) is 5.91 Å². The van der Waals surface area contributed by atoms with Crippen molar-refractivity contribution in [3.8, 4) is 0 Å². The Kier molecular flexibility index (Phi) is 3.83. The lowest BCUT2D eigenvalue weighted by molar-refractivity contribution is 0.0701. The van der Waals surface area contributed by atoms with Crippen LogP contribution in [0.4, 0.5) is 0 Å². The zero-order valence-electron chi connectivity index (χ0n) is 9.19. The van der Waals surface area contributed by atoms with Crippen LogP contribution in [-0.2, 0) is 0 Å². The molecule has 2 N–H and O–H groups in total. The number of rotatable bonds is 2. The van der Waals surface area contributed by atoms with Crippen molar-refractivity contribution in [2.24, 2.45) is 11.7 Å². The molecule has 1 aliphatic heterocycles. The molecule has 92 valence electrons. The first-order valence-corrected chi connectivity index (χ1v) is 6.61. The molecular formula is C11H13BrN2O2S. The summed E-state index contributed by atoms with van der Waals surface area (Å²) in [4.78, 5) is 14.5. The van der Waals surface area contributed by atoms with Gasteiger partial charge in [-0.05, 0) is 34.8 Å². The Morgan fingerprint density at radius 3 is 3.00 bits per heavy atom. The molecule has 2 rings (SSSR count). The highest BCUT2D eigenvalue weighted by molar-refractivity contribution is 9.10. The average Bonchev–Trinajstić information content (AvgIpc) is 2.74. The number of hydrogen-bond acceptors (Lipinski definition) is 3. The normalized spacial score (nSPS) is 20.3. The Morgan fingerprint density at radius 2 is 2.41 bits per heavy atom. The molecule has 0 bridgehead atoms. The zero-order chi connectivity index (χ0) is 12.4. The second-order valence-electron chi connectivity index (χ2n) is 4.10. The first kappa shape index (κ1) is 12.6. The number of furan rings is 1. The van der Waals surface area contributed by atoms with Crippen LogP contribution in [0.1, 0.15) is 23.2 Å². The van der Waals surface area contributed by atoms with Crippen LogP contribution in [0.5, 0.6) is 0 Å². The van der Waals surface area contributed by atoms with Gasteiger partial charge < -0.3 is 15.1 Å². The zero-order valence-corrected chi connectivity index (χ0v) is 11.6. The van der Waals surface area contributed by atoms with Crippen LogP contribution in [0.15, 0.2) is 21.4 Å². The van der Waals surface area contributed by atoms with E-state index in [-0.39, 0.29) is 11.8 Å². The van der Waals surface area contributed by atoms with Crippen molar-refractivity contribution in [3.63, 3.8) is 0 Å². The highest BCUT2D eigenvalue weighted by atomic mass is 79.9. The number of nitrogens with zero attached hydrogens (tertiary/aromatic N) is 1. The summed E-state index contributed by atoms with van der Waals surface area (Å²) >= 11 is 8.21. The van der Waals surface area contributed by atoms with E-state index in [0.29, 0.717) is 21.8 Å². The summed E-state index contributed by atoms with van der Waals surface area (Å²) in [5.74, 6) is 0.0972. The maximum atomic E-state index is 12.2. The van der Waals surface area contributed by atoms with Crippen LogP contribution in [-0.4, -0.2) is 28.9 Å². The number of likely N-dealkylation sites (tertiary alicyclic amines) is 1. The topological polar surface area (TPSA) is 59.5 Å². The Labute approximate surface area is 113 Å². The van der Waals surface area contributed by atoms with Gasteiger partial charge in [0.1, 0.15) is 0 Å². The molecule has 1 unspecified atom stereocenters. The lowest BCUT2D eigenvalue weighted by atomic mass is 9.98. The number of carbonyl (C=O) groups excluding carboxylic acids is 1. The van der Waals surface area contributed by atoms with Gasteiger partial charge in [-0.2, -0.15) is 0 Å². The minimum atomic E-state index is -0.0356. The van der Waals surface area contributed by atoms with Gasteiger partial charge in [0, 0.05) is 19.0 Å². The Bertz CT molecular complexity index is 446. The highest BCUT2D eigenvalue weighted by Crippen LogP contribution is 2.23. The van der Waals surface area contributed by atoms with Gasteiger partial charge in [0.2, 0.25) is 0 Å². The predicted molar refractivity (Wildman–Crippen MR) is 71.8 cm³/mol. The van der Waals surface area contributed by atoms with E-state index in [1.807, 2.05) is 0 Å². The molecule has 1 aliphatic rings. The van der Waals surface area contributed by atoms with Crippen LogP contribution in [0.25, 0.3) is 0 Å². The fourth-order valence-corrected chi connectivity index (χ4v) is 2.61. The number of nitrogens with two attached hydrogens (primary N) is 1. The van der Waals surface area contributed by atoms with Gasteiger partial charge in [-0.25, -0.2) is 0 Å². The molecule has 1 amide bonds. The molecule has 2 heterocycles. The van der Waals surface area contributed by atoms with Crippen molar-refractivity contribution in [1.29, 1.82) is 0 Å². The third-order valence-corrected chi connectivity index (χ3v) is 3.91. The van der Waals surface area contributed by atoms with Crippen molar-refractivity contribution in [2.75, 3.05) is 13.1 Å². The number of halogens is 1. The van der Waals surface area contributed by atoms with Crippen molar-refractivity contribution in [2.45, 2.75) is 12.8 Å². The molecule has 1 aromatic rings. The largest absolute Gasteiger partial charge is 0.457 e. The van der Waals surface area contributed by atoms with Crippen LogP contribution < -0.4 is 5.73 Å². The second kappa shape index (κ2) is 5.18. The third kappa shape index (κ3) is 2.69. The van der Waals surface area contributed by atoms with Gasteiger partial charge in [-0.15, -0.1) is 0 Å². The molecular weight excluding hydrogens is 304 g/mol. The van der Waals surface area contributed by atoms with Crippen molar-refractivity contribution in [3.05, 3.63) is 22.6 Å². The van der Waals surface area contributed by atoms with Crippen LogP contribution in [0, 0.1) is 5.92 Å². The minimum absolute atomic E-state index is 0.0356. The molecule has 0 radical (unpaired) electrons. The van der Waals surface area contributed by atoms with Crippen LogP contribution in [0.2, 0.25) is 0 Å². The molecule has 0 aromatic carbocycles. The SMILES string of the molecule is NC(=S)C1CCCN(C(=O)c2ccoc2Br)C1. The number of thiocarbonyl (C=S) groups is 1. The molecule has 1 fully saturated rings. The average molecular weight is 317 g/mol. The standard InChI is InChI=1S/C11H13BrN2O2S/c12-9-8(3-5-16-9)11(15)14-4-1-2-7(6-14)10(13)17/h3,5,7H,1-2,4,6H2,(H2,13,17). The van der Waals surface area contributed by atoms with Crippen molar-refractivity contribution in [1.82, 2.24) is 4.90 Å². The number of carbonyl (C=O) groups is 1. The summed E-state index contributed by atoms with van der Waals surface area (Å²) in [5.41, 5.74) is 6.19. The molecule has 17 heavy (non-hydrogen) atoms.